The fraction of sp³-hybridized carbons (Fsp3) is 0.133. The molecular weight excluding hydrogens is 639 g/mol. The molecule has 0 aliphatic rings. The molecule has 0 heterocycles. The number of halogens is 3. The van der Waals surface area contributed by atoms with Gasteiger partial charge in [-0.1, -0.05) is 0 Å². The van der Waals surface area contributed by atoms with Crippen molar-refractivity contribution in [3.63, 3.8) is 0 Å². The second kappa shape index (κ2) is 8.16. The summed E-state index contributed by atoms with van der Waals surface area (Å²) in [6.07, 6.45) is 0.267. The van der Waals surface area contributed by atoms with E-state index < -0.39 is 12.0 Å². The van der Waals surface area contributed by atoms with Crippen LogP contribution in [0.2, 0.25) is 0 Å². The van der Waals surface area contributed by atoms with Crippen molar-refractivity contribution < 1.29 is 19.7 Å². The number of benzene rings is 2. The maximum absolute atomic E-state index is 10.9. The van der Waals surface area contributed by atoms with Crippen LogP contribution in [0, 0.1) is 10.7 Å². The molecule has 2 aromatic carbocycles. The van der Waals surface area contributed by atoms with Gasteiger partial charge in [0.25, 0.3) is 0 Å². The van der Waals surface area contributed by atoms with Crippen molar-refractivity contribution >= 4 is 73.7 Å². The molecule has 2 aromatic rings. The van der Waals surface area contributed by atoms with Gasteiger partial charge in [0.05, 0.1) is 3.57 Å². The topological polar surface area (TPSA) is 92.8 Å². The number of nitrogens with two attached hydrogens (primary N) is 1. The number of hydrogen-bond acceptors (Lipinski definition) is 4. The smallest absolute Gasteiger partial charge is 0.320 e. The third-order valence-electron chi connectivity index (χ3n) is 3.00. The highest BCUT2D eigenvalue weighted by molar-refractivity contribution is 14.1. The molecule has 0 bridgehead atoms. The number of hydrogen-bond donors (Lipinski definition) is 3. The monoisotopic (exact) mass is 651 g/mol. The number of carboxylic acids is 1. The van der Waals surface area contributed by atoms with E-state index in [2.05, 4.69) is 67.8 Å². The molecule has 4 N–H and O–H groups in total. The van der Waals surface area contributed by atoms with Crippen LogP contribution in [0.15, 0.2) is 30.3 Å². The first-order chi connectivity index (χ1) is 10.8. The summed E-state index contributed by atoms with van der Waals surface area (Å²) in [6, 6.07) is 7.64. The third-order valence-corrected chi connectivity index (χ3v) is 5.77. The highest BCUT2D eigenvalue weighted by Gasteiger charge is 2.17. The summed E-state index contributed by atoms with van der Waals surface area (Å²) in [7, 11) is 0. The Bertz CT molecular complexity index is 728. The van der Waals surface area contributed by atoms with Gasteiger partial charge in [0.1, 0.15) is 23.3 Å². The molecule has 0 saturated heterocycles. The normalized spacial score (nSPS) is 12.0. The van der Waals surface area contributed by atoms with Gasteiger partial charge in [0.2, 0.25) is 0 Å². The maximum atomic E-state index is 10.9. The number of carbonyl (C=O) groups is 1. The van der Waals surface area contributed by atoms with Crippen molar-refractivity contribution in [2.24, 2.45) is 5.73 Å². The quantitative estimate of drug-likeness (QED) is 0.427. The van der Waals surface area contributed by atoms with Gasteiger partial charge in [-0.2, -0.15) is 0 Å². The molecule has 0 aliphatic heterocycles. The summed E-state index contributed by atoms with van der Waals surface area (Å²) in [5.74, 6) is 0.458. The van der Waals surface area contributed by atoms with Gasteiger partial charge in [0, 0.05) is 13.6 Å². The van der Waals surface area contributed by atoms with Gasteiger partial charge >= 0.3 is 5.97 Å². The van der Waals surface area contributed by atoms with Crippen LogP contribution in [0.3, 0.4) is 0 Å². The van der Waals surface area contributed by atoms with Crippen molar-refractivity contribution in [2.75, 3.05) is 0 Å². The van der Waals surface area contributed by atoms with E-state index in [1.165, 1.54) is 0 Å². The summed E-state index contributed by atoms with van der Waals surface area (Å²) in [4.78, 5) is 10.9. The number of phenols is 1. The molecule has 2 rings (SSSR count). The highest BCUT2D eigenvalue weighted by atomic mass is 127. The lowest BCUT2D eigenvalue weighted by Gasteiger charge is -2.14. The van der Waals surface area contributed by atoms with Crippen molar-refractivity contribution in [2.45, 2.75) is 12.5 Å². The van der Waals surface area contributed by atoms with Gasteiger partial charge in [-0.05, 0) is 104 Å². The van der Waals surface area contributed by atoms with E-state index in [0.29, 0.717) is 11.5 Å². The van der Waals surface area contributed by atoms with Gasteiger partial charge in [-0.15, -0.1) is 0 Å². The summed E-state index contributed by atoms with van der Waals surface area (Å²) >= 11 is 6.39. The fourth-order valence-corrected chi connectivity index (χ4v) is 4.60. The predicted molar refractivity (Wildman–Crippen MR) is 112 cm³/mol. The molecular formula is C15H12I3NO4. The maximum Gasteiger partial charge on any atom is 0.320 e. The van der Waals surface area contributed by atoms with E-state index in [1.54, 1.807) is 18.2 Å². The molecule has 0 aliphatic carbocycles. The van der Waals surface area contributed by atoms with Crippen molar-refractivity contribution in [3.8, 4) is 17.2 Å². The second-order valence-corrected chi connectivity index (χ2v) is 8.22. The zero-order valence-electron chi connectivity index (χ0n) is 11.6. The first-order valence-corrected chi connectivity index (χ1v) is 9.64. The molecule has 0 aromatic heterocycles. The Labute approximate surface area is 174 Å². The number of aliphatic carboxylic acids is 1. The molecule has 0 spiro atoms. The van der Waals surface area contributed by atoms with Crippen LogP contribution in [0.5, 0.6) is 17.2 Å². The van der Waals surface area contributed by atoms with Crippen molar-refractivity contribution in [3.05, 3.63) is 46.6 Å². The van der Waals surface area contributed by atoms with E-state index in [4.69, 9.17) is 15.6 Å². The Morgan fingerprint density at radius 2 is 1.74 bits per heavy atom. The Morgan fingerprint density at radius 1 is 1.13 bits per heavy atom. The Hall–Kier alpha value is -0.340. The number of phenolic OH excluding ortho intramolecular Hbond substituents is 1. The lowest BCUT2D eigenvalue weighted by molar-refractivity contribution is -0.138. The molecule has 0 radical (unpaired) electrons. The molecule has 23 heavy (non-hydrogen) atoms. The molecule has 8 heteroatoms. The molecule has 0 unspecified atom stereocenters. The minimum atomic E-state index is -1.02. The van der Waals surface area contributed by atoms with Gasteiger partial charge in [0.15, 0.2) is 0 Å². The number of rotatable bonds is 5. The Morgan fingerprint density at radius 3 is 2.26 bits per heavy atom. The summed E-state index contributed by atoms with van der Waals surface area (Å²) in [5.41, 5.74) is 6.52. The van der Waals surface area contributed by atoms with E-state index >= 15 is 0 Å². The SMILES string of the molecule is N[C@H](Cc1c(I)cc(Oc2ccc(O)cc2I)cc1I)C(=O)O. The molecule has 0 fully saturated rings. The largest absolute Gasteiger partial charge is 0.508 e. The standard InChI is InChI=1S/C15H12I3NO4/c16-10-4-8(23-14-2-1-7(20)3-12(14)18)5-11(17)9(10)6-13(19)15(21)22/h1-5,13,20H,6,19H2,(H,21,22)/t13-/m1/s1. The number of carboxylic acid groups (broad SMARTS) is 1. The minimum absolute atomic E-state index is 0.184. The lowest BCUT2D eigenvalue weighted by atomic mass is 10.1. The first kappa shape index (κ1) is 19.0. The number of ether oxygens (including phenoxy) is 1. The van der Waals surface area contributed by atoms with Crippen LogP contribution in [-0.4, -0.2) is 22.2 Å². The predicted octanol–water partition coefficient (Wildman–Crippen LogP) is 3.95. The Balaban J connectivity index is 2.27. The van der Waals surface area contributed by atoms with Crippen LogP contribution >= 0.6 is 67.8 Å². The van der Waals surface area contributed by atoms with E-state index in [0.717, 1.165) is 16.3 Å². The van der Waals surface area contributed by atoms with Crippen LogP contribution in [0.1, 0.15) is 5.56 Å². The molecule has 0 saturated carbocycles. The fourth-order valence-electron chi connectivity index (χ4n) is 1.84. The van der Waals surface area contributed by atoms with Gasteiger partial charge < -0.3 is 20.7 Å². The summed E-state index contributed by atoms with van der Waals surface area (Å²) < 4.78 is 8.45. The highest BCUT2D eigenvalue weighted by Crippen LogP contribution is 2.33. The van der Waals surface area contributed by atoms with Crippen LogP contribution in [0.4, 0.5) is 0 Å². The lowest BCUT2D eigenvalue weighted by Crippen LogP contribution is -2.32. The first-order valence-electron chi connectivity index (χ1n) is 6.40. The second-order valence-electron chi connectivity index (χ2n) is 4.73. The zero-order chi connectivity index (χ0) is 17.1. The molecule has 5 nitrogen and oxygen atoms in total. The average molecular weight is 651 g/mol. The molecule has 122 valence electrons. The van der Waals surface area contributed by atoms with Gasteiger partial charge in [-0.25, -0.2) is 0 Å². The van der Waals surface area contributed by atoms with Gasteiger partial charge in [-0.3, -0.25) is 4.79 Å². The average Bonchev–Trinajstić information content (AvgIpc) is 2.45. The summed E-state index contributed by atoms with van der Waals surface area (Å²) in [6.45, 7) is 0. The molecule has 1 atom stereocenters. The summed E-state index contributed by atoms with van der Waals surface area (Å²) in [5, 5.41) is 18.4. The molecule has 0 amide bonds. The van der Waals surface area contributed by atoms with E-state index in [9.17, 15) is 9.90 Å². The van der Waals surface area contributed by atoms with Crippen LogP contribution < -0.4 is 10.5 Å². The zero-order valence-corrected chi connectivity index (χ0v) is 18.1. The van der Waals surface area contributed by atoms with E-state index in [1.807, 2.05) is 12.1 Å². The van der Waals surface area contributed by atoms with Crippen LogP contribution in [0.25, 0.3) is 0 Å². The van der Waals surface area contributed by atoms with E-state index in [-0.39, 0.29) is 12.2 Å². The number of aromatic hydroxyl groups is 1. The van der Waals surface area contributed by atoms with Crippen LogP contribution in [-0.2, 0) is 11.2 Å². The van der Waals surface area contributed by atoms with Crippen molar-refractivity contribution in [1.29, 1.82) is 0 Å². The third kappa shape index (κ3) is 5.06. The van der Waals surface area contributed by atoms with Crippen molar-refractivity contribution in [1.82, 2.24) is 0 Å². The Kier molecular flexibility index (Phi) is 6.74. The minimum Gasteiger partial charge on any atom is -0.508 e.